The van der Waals surface area contributed by atoms with Crippen molar-refractivity contribution in [2.45, 2.75) is 26.4 Å². The normalized spacial score (nSPS) is 12.4. The van der Waals surface area contributed by atoms with E-state index in [9.17, 15) is 4.79 Å². The topological polar surface area (TPSA) is 82.2 Å². The molecule has 3 N–H and O–H groups in total. The van der Waals surface area contributed by atoms with Gasteiger partial charge in [-0.25, -0.2) is 0 Å². The molecule has 0 aliphatic rings. The van der Waals surface area contributed by atoms with E-state index < -0.39 is 0 Å². The lowest BCUT2D eigenvalue weighted by molar-refractivity contribution is -0.122. The summed E-state index contributed by atoms with van der Waals surface area (Å²) in [7, 11) is 1.60. The SMILES string of the molecule is COCC(C)NC(=O)Cn1cc(C)c(N)n1. The van der Waals surface area contributed by atoms with Crippen molar-refractivity contribution in [2.24, 2.45) is 0 Å². The van der Waals surface area contributed by atoms with Crippen LogP contribution in [0.3, 0.4) is 0 Å². The molecule has 0 bridgehead atoms. The van der Waals surface area contributed by atoms with Gasteiger partial charge in [-0.3, -0.25) is 9.48 Å². The van der Waals surface area contributed by atoms with Gasteiger partial charge in [-0.05, 0) is 13.8 Å². The third kappa shape index (κ3) is 3.54. The third-order valence-electron chi connectivity index (χ3n) is 2.11. The Hall–Kier alpha value is -1.56. The molecule has 0 spiro atoms. The van der Waals surface area contributed by atoms with Gasteiger partial charge in [0.1, 0.15) is 12.4 Å². The van der Waals surface area contributed by atoms with Gasteiger partial charge in [0, 0.05) is 24.9 Å². The number of nitrogen functional groups attached to an aromatic ring is 1. The highest BCUT2D eigenvalue weighted by Crippen LogP contribution is 2.05. The zero-order valence-corrected chi connectivity index (χ0v) is 9.86. The maximum absolute atomic E-state index is 11.5. The monoisotopic (exact) mass is 226 g/mol. The molecule has 90 valence electrons. The Morgan fingerprint density at radius 1 is 1.75 bits per heavy atom. The van der Waals surface area contributed by atoms with Crippen molar-refractivity contribution >= 4 is 11.7 Å². The second kappa shape index (κ2) is 5.50. The van der Waals surface area contributed by atoms with Gasteiger partial charge in [0.2, 0.25) is 5.91 Å². The van der Waals surface area contributed by atoms with Gasteiger partial charge >= 0.3 is 0 Å². The smallest absolute Gasteiger partial charge is 0.242 e. The lowest BCUT2D eigenvalue weighted by Crippen LogP contribution is -2.37. The molecule has 0 aromatic carbocycles. The summed E-state index contributed by atoms with van der Waals surface area (Å²) in [6.07, 6.45) is 1.75. The van der Waals surface area contributed by atoms with E-state index in [2.05, 4.69) is 10.4 Å². The molecule has 1 aromatic heterocycles. The number of rotatable bonds is 5. The number of carbonyl (C=O) groups is 1. The first-order chi connectivity index (χ1) is 7.52. The van der Waals surface area contributed by atoms with Gasteiger partial charge in [-0.2, -0.15) is 5.10 Å². The van der Waals surface area contributed by atoms with Crippen LogP contribution in [0.4, 0.5) is 5.82 Å². The van der Waals surface area contributed by atoms with Crippen molar-refractivity contribution in [2.75, 3.05) is 19.5 Å². The van der Waals surface area contributed by atoms with Gasteiger partial charge < -0.3 is 15.8 Å². The first-order valence-electron chi connectivity index (χ1n) is 5.10. The number of aryl methyl sites for hydroxylation is 1. The maximum atomic E-state index is 11.5. The van der Waals surface area contributed by atoms with E-state index in [1.54, 1.807) is 13.3 Å². The van der Waals surface area contributed by atoms with Gasteiger partial charge in [0.15, 0.2) is 0 Å². The Kier molecular flexibility index (Phi) is 4.30. The molecule has 0 saturated heterocycles. The summed E-state index contributed by atoms with van der Waals surface area (Å²) < 4.78 is 6.45. The lowest BCUT2D eigenvalue weighted by atomic mass is 10.3. The Labute approximate surface area is 94.8 Å². The van der Waals surface area contributed by atoms with Crippen molar-refractivity contribution in [1.82, 2.24) is 15.1 Å². The van der Waals surface area contributed by atoms with E-state index in [1.165, 1.54) is 4.68 Å². The number of hydrogen-bond donors (Lipinski definition) is 2. The van der Waals surface area contributed by atoms with Crippen LogP contribution in [0.1, 0.15) is 12.5 Å². The van der Waals surface area contributed by atoms with Crippen LogP contribution in [0.15, 0.2) is 6.20 Å². The molecule has 1 amide bonds. The van der Waals surface area contributed by atoms with E-state index in [-0.39, 0.29) is 18.5 Å². The summed E-state index contributed by atoms with van der Waals surface area (Å²) in [6, 6.07) is -0.00786. The minimum Gasteiger partial charge on any atom is -0.383 e. The second-order valence-electron chi connectivity index (χ2n) is 3.82. The fraction of sp³-hybridized carbons (Fsp3) is 0.600. The number of carbonyl (C=O) groups excluding carboxylic acids is 1. The fourth-order valence-electron chi connectivity index (χ4n) is 1.38. The zero-order chi connectivity index (χ0) is 12.1. The van der Waals surface area contributed by atoms with Crippen LogP contribution in [-0.4, -0.2) is 35.4 Å². The van der Waals surface area contributed by atoms with Gasteiger partial charge in [-0.15, -0.1) is 0 Å². The molecule has 0 fully saturated rings. The van der Waals surface area contributed by atoms with Gasteiger partial charge in [-0.1, -0.05) is 0 Å². The highest BCUT2D eigenvalue weighted by atomic mass is 16.5. The standard InChI is InChI=1S/C10H18N4O2/c1-7-4-14(13-10(7)11)5-9(15)12-8(2)6-16-3/h4,8H,5-6H2,1-3H3,(H2,11,13)(H,12,15). The summed E-state index contributed by atoms with van der Waals surface area (Å²) in [5, 5.41) is 6.80. The molecule has 1 unspecified atom stereocenters. The van der Waals surface area contributed by atoms with Crippen LogP contribution >= 0.6 is 0 Å². The third-order valence-corrected chi connectivity index (χ3v) is 2.11. The van der Waals surface area contributed by atoms with E-state index in [4.69, 9.17) is 10.5 Å². The number of nitrogens with zero attached hydrogens (tertiary/aromatic N) is 2. The second-order valence-corrected chi connectivity index (χ2v) is 3.82. The molecular weight excluding hydrogens is 208 g/mol. The van der Waals surface area contributed by atoms with E-state index in [0.717, 1.165) is 5.56 Å². The molecule has 1 aromatic rings. The molecule has 0 aliphatic heterocycles. The van der Waals surface area contributed by atoms with Crippen LogP contribution < -0.4 is 11.1 Å². The first kappa shape index (κ1) is 12.5. The highest BCUT2D eigenvalue weighted by Gasteiger charge is 2.09. The predicted molar refractivity (Wildman–Crippen MR) is 60.9 cm³/mol. The first-order valence-corrected chi connectivity index (χ1v) is 5.10. The Morgan fingerprint density at radius 3 is 2.94 bits per heavy atom. The summed E-state index contributed by atoms with van der Waals surface area (Å²) in [4.78, 5) is 11.5. The van der Waals surface area contributed by atoms with Crippen molar-refractivity contribution < 1.29 is 9.53 Å². The molecule has 0 saturated carbocycles. The van der Waals surface area contributed by atoms with Crippen LogP contribution in [-0.2, 0) is 16.1 Å². The number of aromatic nitrogens is 2. The molecule has 16 heavy (non-hydrogen) atoms. The van der Waals surface area contributed by atoms with E-state index in [1.807, 2.05) is 13.8 Å². The molecule has 0 radical (unpaired) electrons. The number of nitrogens with one attached hydrogen (secondary N) is 1. The largest absolute Gasteiger partial charge is 0.383 e. The van der Waals surface area contributed by atoms with Crippen molar-refractivity contribution in [3.63, 3.8) is 0 Å². The highest BCUT2D eigenvalue weighted by molar-refractivity contribution is 5.76. The molecule has 0 aliphatic carbocycles. The van der Waals surface area contributed by atoms with Crippen molar-refractivity contribution in [1.29, 1.82) is 0 Å². The minimum absolute atomic E-state index is 0.00786. The van der Waals surface area contributed by atoms with E-state index in [0.29, 0.717) is 12.4 Å². The molecule has 6 nitrogen and oxygen atoms in total. The average molecular weight is 226 g/mol. The summed E-state index contributed by atoms with van der Waals surface area (Å²) in [5.74, 6) is 0.352. The van der Waals surface area contributed by atoms with E-state index >= 15 is 0 Å². The molecule has 1 heterocycles. The zero-order valence-electron chi connectivity index (χ0n) is 9.86. The Bertz CT molecular complexity index is 342. The molecule has 1 rings (SSSR count). The predicted octanol–water partition coefficient (Wildman–Crippen LogP) is -0.0752. The number of ether oxygens (including phenoxy) is 1. The van der Waals surface area contributed by atoms with Crippen molar-refractivity contribution in [3.05, 3.63) is 11.8 Å². The summed E-state index contributed by atoms with van der Waals surface area (Å²) >= 11 is 0. The van der Waals surface area contributed by atoms with Gasteiger partial charge in [0.25, 0.3) is 0 Å². The summed E-state index contributed by atoms with van der Waals surface area (Å²) in [5.41, 5.74) is 6.45. The van der Waals surface area contributed by atoms with Gasteiger partial charge in [0.05, 0.1) is 6.61 Å². The van der Waals surface area contributed by atoms with Crippen LogP contribution in [0.5, 0.6) is 0 Å². The molecule has 1 atom stereocenters. The molecule has 6 heteroatoms. The number of hydrogen-bond acceptors (Lipinski definition) is 4. The number of methoxy groups -OCH3 is 1. The Morgan fingerprint density at radius 2 is 2.44 bits per heavy atom. The van der Waals surface area contributed by atoms with Crippen molar-refractivity contribution in [3.8, 4) is 0 Å². The van der Waals surface area contributed by atoms with Crippen LogP contribution in [0.25, 0.3) is 0 Å². The maximum Gasteiger partial charge on any atom is 0.242 e. The van der Waals surface area contributed by atoms with Crippen LogP contribution in [0, 0.1) is 6.92 Å². The minimum atomic E-state index is -0.105. The quantitative estimate of drug-likeness (QED) is 0.736. The average Bonchev–Trinajstić information content (AvgIpc) is 2.45. The molecular formula is C10H18N4O2. The fourth-order valence-corrected chi connectivity index (χ4v) is 1.38. The number of amides is 1. The Balaban J connectivity index is 2.45. The summed E-state index contributed by atoms with van der Waals surface area (Å²) in [6.45, 7) is 4.40. The van der Waals surface area contributed by atoms with Crippen LogP contribution in [0.2, 0.25) is 0 Å². The number of nitrogens with two attached hydrogens (primary N) is 1. The lowest BCUT2D eigenvalue weighted by Gasteiger charge is -2.12. The number of anilines is 1.